The zero-order chi connectivity index (χ0) is 13.2. The maximum atomic E-state index is 12.2. The number of nitrogens with zero attached hydrogens (tertiary/aromatic N) is 2. The van der Waals surface area contributed by atoms with Crippen LogP contribution < -0.4 is 0 Å². The van der Waals surface area contributed by atoms with Gasteiger partial charge in [-0.1, -0.05) is 0 Å². The number of hydrogen-bond donors (Lipinski definition) is 0. The predicted octanol–water partition coefficient (Wildman–Crippen LogP) is 1.50. The van der Waals surface area contributed by atoms with Crippen LogP contribution >= 0.6 is 0 Å². The zero-order valence-electron chi connectivity index (χ0n) is 11.6. The van der Waals surface area contributed by atoms with Gasteiger partial charge in [-0.15, -0.1) is 0 Å². The summed E-state index contributed by atoms with van der Waals surface area (Å²) in [7, 11) is 0. The highest BCUT2D eigenvalue weighted by Crippen LogP contribution is 2.26. The first-order valence-corrected chi connectivity index (χ1v) is 6.40. The Morgan fingerprint density at radius 1 is 1.35 bits per heavy atom. The maximum Gasteiger partial charge on any atom is 0.227 e. The minimum Gasteiger partial charge on any atom is -0.343 e. The van der Waals surface area contributed by atoms with Crippen molar-refractivity contribution in [3.05, 3.63) is 0 Å². The van der Waals surface area contributed by atoms with Gasteiger partial charge in [-0.2, -0.15) is 0 Å². The van der Waals surface area contributed by atoms with Crippen molar-refractivity contribution in [3.63, 3.8) is 0 Å². The van der Waals surface area contributed by atoms with E-state index in [4.69, 9.17) is 0 Å². The molecule has 17 heavy (non-hydrogen) atoms. The third-order valence-electron chi connectivity index (χ3n) is 3.36. The van der Waals surface area contributed by atoms with E-state index in [2.05, 4.69) is 0 Å². The fourth-order valence-electron chi connectivity index (χ4n) is 2.31. The molecule has 1 rings (SSSR count). The minimum absolute atomic E-state index is 0.100. The van der Waals surface area contributed by atoms with E-state index in [0.29, 0.717) is 13.0 Å². The van der Waals surface area contributed by atoms with Crippen molar-refractivity contribution in [2.75, 3.05) is 19.6 Å². The highest BCUT2D eigenvalue weighted by molar-refractivity contribution is 5.89. The Labute approximate surface area is 104 Å². The lowest BCUT2D eigenvalue weighted by molar-refractivity contribution is -0.135. The standard InChI is InChI=1S/C13H24N2O2/c1-6-14(7-2)12(17)10-8-11(16)15(9-10)13(3,4)5/h10H,6-9H2,1-5H3/t10-/m1/s1. The molecule has 1 aliphatic rings. The van der Waals surface area contributed by atoms with Crippen LogP contribution in [0.4, 0.5) is 0 Å². The van der Waals surface area contributed by atoms with Gasteiger partial charge in [0.25, 0.3) is 0 Å². The van der Waals surface area contributed by atoms with Gasteiger partial charge in [0.2, 0.25) is 11.8 Å². The second-order valence-electron chi connectivity index (χ2n) is 5.59. The van der Waals surface area contributed by atoms with Crippen molar-refractivity contribution in [3.8, 4) is 0 Å². The van der Waals surface area contributed by atoms with E-state index in [1.54, 1.807) is 0 Å². The summed E-state index contributed by atoms with van der Waals surface area (Å²) in [5, 5.41) is 0. The number of likely N-dealkylation sites (tertiary alicyclic amines) is 1. The molecule has 1 heterocycles. The summed E-state index contributed by atoms with van der Waals surface area (Å²) < 4.78 is 0. The lowest BCUT2D eigenvalue weighted by Gasteiger charge is -2.32. The van der Waals surface area contributed by atoms with E-state index in [0.717, 1.165) is 13.1 Å². The minimum atomic E-state index is -0.185. The number of amides is 2. The number of rotatable bonds is 3. The first-order chi connectivity index (χ1) is 7.81. The van der Waals surface area contributed by atoms with Gasteiger partial charge in [-0.05, 0) is 34.6 Å². The lowest BCUT2D eigenvalue weighted by Crippen LogP contribution is -2.43. The van der Waals surface area contributed by atoms with Gasteiger partial charge in [0.05, 0.1) is 5.92 Å². The van der Waals surface area contributed by atoms with Crippen LogP contribution in [-0.2, 0) is 9.59 Å². The van der Waals surface area contributed by atoms with E-state index in [1.807, 2.05) is 44.4 Å². The molecule has 98 valence electrons. The molecular formula is C13H24N2O2. The highest BCUT2D eigenvalue weighted by atomic mass is 16.2. The van der Waals surface area contributed by atoms with Crippen LogP contribution in [-0.4, -0.2) is 46.8 Å². The Morgan fingerprint density at radius 2 is 1.88 bits per heavy atom. The molecule has 0 aromatic heterocycles. The van der Waals surface area contributed by atoms with E-state index in [-0.39, 0.29) is 23.3 Å². The molecule has 0 aromatic rings. The molecule has 0 aromatic carbocycles. The molecular weight excluding hydrogens is 216 g/mol. The van der Waals surface area contributed by atoms with Crippen LogP contribution in [0.5, 0.6) is 0 Å². The summed E-state index contributed by atoms with van der Waals surface area (Å²) in [5.41, 5.74) is -0.185. The Morgan fingerprint density at radius 3 is 2.24 bits per heavy atom. The molecule has 0 radical (unpaired) electrons. The Kier molecular flexibility index (Phi) is 4.17. The molecule has 0 spiro atoms. The van der Waals surface area contributed by atoms with Crippen LogP contribution in [0.3, 0.4) is 0 Å². The molecule has 0 N–H and O–H groups in total. The van der Waals surface area contributed by atoms with Crippen molar-refractivity contribution < 1.29 is 9.59 Å². The van der Waals surface area contributed by atoms with Crippen LogP contribution in [0.2, 0.25) is 0 Å². The van der Waals surface area contributed by atoms with Gasteiger partial charge < -0.3 is 9.80 Å². The third kappa shape index (κ3) is 2.99. The van der Waals surface area contributed by atoms with Gasteiger partial charge in [0.15, 0.2) is 0 Å². The van der Waals surface area contributed by atoms with Crippen LogP contribution in [0.25, 0.3) is 0 Å². The van der Waals surface area contributed by atoms with E-state index in [9.17, 15) is 9.59 Å². The summed E-state index contributed by atoms with van der Waals surface area (Å²) >= 11 is 0. The summed E-state index contributed by atoms with van der Waals surface area (Å²) in [6, 6.07) is 0. The molecule has 1 fully saturated rings. The highest BCUT2D eigenvalue weighted by Gasteiger charge is 2.40. The molecule has 0 saturated carbocycles. The van der Waals surface area contributed by atoms with E-state index < -0.39 is 0 Å². The van der Waals surface area contributed by atoms with Crippen molar-refractivity contribution in [2.45, 2.75) is 46.6 Å². The molecule has 1 aliphatic heterocycles. The van der Waals surface area contributed by atoms with Crippen LogP contribution in [0.1, 0.15) is 41.0 Å². The zero-order valence-corrected chi connectivity index (χ0v) is 11.6. The van der Waals surface area contributed by atoms with Gasteiger partial charge >= 0.3 is 0 Å². The second-order valence-corrected chi connectivity index (χ2v) is 5.59. The van der Waals surface area contributed by atoms with Crippen LogP contribution in [0, 0.1) is 5.92 Å². The lowest BCUT2D eigenvalue weighted by atomic mass is 10.1. The first kappa shape index (κ1) is 14.0. The third-order valence-corrected chi connectivity index (χ3v) is 3.36. The molecule has 0 aliphatic carbocycles. The SMILES string of the molecule is CCN(CC)C(=O)[C@@H]1CC(=O)N(C(C)(C)C)C1. The molecule has 0 unspecified atom stereocenters. The van der Waals surface area contributed by atoms with Gasteiger partial charge in [-0.25, -0.2) is 0 Å². The molecule has 1 saturated heterocycles. The van der Waals surface area contributed by atoms with E-state index in [1.165, 1.54) is 0 Å². The summed E-state index contributed by atoms with van der Waals surface area (Å²) in [6.45, 7) is 12.0. The number of hydrogen-bond acceptors (Lipinski definition) is 2. The predicted molar refractivity (Wildman–Crippen MR) is 67.5 cm³/mol. The molecule has 4 heteroatoms. The Hall–Kier alpha value is -1.06. The summed E-state index contributed by atoms with van der Waals surface area (Å²) in [5.74, 6) is 0.0692. The van der Waals surface area contributed by atoms with Crippen molar-refractivity contribution in [2.24, 2.45) is 5.92 Å². The van der Waals surface area contributed by atoms with Crippen molar-refractivity contribution >= 4 is 11.8 Å². The fraction of sp³-hybridized carbons (Fsp3) is 0.846. The fourth-order valence-corrected chi connectivity index (χ4v) is 2.31. The average Bonchev–Trinajstić information content (AvgIpc) is 2.61. The van der Waals surface area contributed by atoms with Crippen molar-refractivity contribution in [1.29, 1.82) is 0 Å². The molecule has 2 amide bonds. The normalized spacial score (nSPS) is 20.9. The topological polar surface area (TPSA) is 40.6 Å². The van der Waals surface area contributed by atoms with Crippen LogP contribution in [0.15, 0.2) is 0 Å². The monoisotopic (exact) mass is 240 g/mol. The van der Waals surface area contributed by atoms with Crippen molar-refractivity contribution in [1.82, 2.24) is 9.80 Å². The molecule has 0 bridgehead atoms. The van der Waals surface area contributed by atoms with E-state index >= 15 is 0 Å². The Bertz CT molecular complexity index is 303. The van der Waals surface area contributed by atoms with Gasteiger partial charge in [0.1, 0.15) is 0 Å². The average molecular weight is 240 g/mol. The summed E-state index contributed by atoms with van der Waals surface area (Å²) in [6.07, 6.45) is 0.368. The number of carbonyl (C=O) groups excluding carboxylic acids is 2. The smallest absolute Gasteiger partial charge is 0.227 e. The second kappa shape index (κ2) is 5.07. The Balaban J connectivity index is 2.72. The quantitative estimate of drug-likeness (QED) is 0.750. The number of carbonyl (C=O) groups is 2. The first-order valence-electron chi connectivity index (χ1n) is 6.40. The van der Waals surface area contributed by atoms with Gasteiger partial charge in [0, 0.05) is 31.6 Å². The van der Waals surface area contributed by atoms with Gasteiger partial charge in [-0.3, -0.25) is 9.59 Å². The molecule has 1 atom stereocenters. The summed E-state index contributed by atoms with van der Waals surface area (Å²) in [4.78, 5) is 27.7. The maximum absolute atomic E-state index is 12.2. The largest absolute Gasteiger partial charge is 0.343 e. The molecule has 4 nitrogen and oxygen atoms in total.